The van der Waals surface area contributed by atoms with Gasteiger partial charge >= 0.3 is 6.18 Å². The molecule has 8 nitrogen and oxygen atoms in total. The second kappa shape index (κ2) is 9.76. The number of hydrogen-bond donors (Lipinski definition) is 3. The van der Waals surface area contributed by atoms with Crippen molar-refractivity contribution in [1.82, 2.24) is 15.5 Å². The molecule has 3 fully saturated rings. The molecule has 1 saturated carbocycles. The third-order valence-electron chi connectivity index (χ3n) is 7.77. The average Bonchev–Trinajstić information content (AvgIpc) is 3.69. The molecule has 4 unspecified atom stereocenters. The van der Waals surface area contributed by atoms with E-state index in [-0.39, 0.29) is 18.5 Å². The van der Waals surface area contributed by atoms with Crippen LogP contribution in [0.5, 0.6) is 0 Å². The predicted molar refractivity (Wildman–Crippen MR) is 141 cm³/mol. The van der Waals surface area contributed by atoms with E-state index in [0.717, 1.165) is 4.90 Å². The molecule has 1 aliphatic carbocycles. The van der Waals surface area contributed by atoms with Crippen LogP contribution in [0.25, 0.3) is 0 Å². The zero-order chi connectivity index (χ0) is 29.1. The van der Waals surface area contributed by atoms with Gasteiger partial charge in [-0.05, 0) is 59.4 Å². The number of carbonyl (C=O) groups excluding carboxylic acids is 3. The van der Waals surface area contributed by atoms with Gasteiger partial charge in [0.05, 0.1) is 12.6 Å². The summed E-state index contributed by atoms with van der Waals surface area (Å²) in [6, 6.07) is 11.7. The van der Waals surface area contributed by atoms with Crippen molar-refractivity contribution in [3.8, 4) is 6.07 Å². The first kappa shape index (κ1) is 28.4. The summed E-state index contributed by atoms with van der Waals surface area (Å²) >= 11 is 5.95. The fourth-order valence-electron chi connectivity index (χ4n) is 5.36. The lowest BCUT2D eigenvalue weighted by Gasteiger charge is -2.29. The van der Waals surface area contributed by atoms with E-state index in [0.29, 0.717) is 28.3 Å². The van der Waals surface area contributed by atoms with Gasteiger partial charge in [-0.15, -0.1) is 0 Å². The van der Waals surface area contributed by atoms with Gasteiger partial charge < -0.3 is 14.8 Å². The largest absolute Gasteiger partial charge is 0.401 e. The van der Waals surface area contributed by atoms with Crippen LogP contribution in [0.15, 0.2) is 53.4 Å². The van der Waals surface area contributed by atoms with Crippen molar-refractivity contribution >= 4 is 38.8 Å². The van der Waals surface area contributed by atoms with E-state index >= 15 is 0 Å². The van der Waals surface area contributed by atoms with Crippen LogP contribution in [0.2, 0.25) is 5.02 Å². The third-order valence-corrected chi connectivity index (χ3v) is 11.5. The van der Waals surface area contributed by atoms with Crippen molar-refractivity contribution in [2.75, 3.05) is 13.1 Å². The molecule has 0 radical (unpaired) electrons. The Morgan fingerprint density at radius 1 is 1.23 bits per heavy atom. The number of alkyl halides is 3. The van der Waals surface area contributed by atoms with Gasteiger partial charge in [0.15, 0.2) is 0 Å². The summed E-state index contributed by atoms with van der Waals surface area (Å²) in [7, 11) is -3.10. The maximum Gasteiger partial charge on any atom is 0.401 e. The van der Waals surface area contributed by atoms with Crippen LogP contribution in [-0.2, 0) is 14.4 Å². The number of nitriles is 1. The first-order chi connectivity index (χ1) is 18.8. The van der Waals surface area contributed by atoms with Crippen LogP contribution < -0.4 is 10.6 Å². The van der Waals surface area contributed by atoms with Crippen LogP contribution in [0, 0.1) is 18.3 Å². The fourth-order valence-corrected chi connectivity index (χ4v) is 8.76. The molecular formula is C27H26ClF3N4O4S. The Kier molecular flexibility index (Phi) is 6.94. The highest BCUT2D eigenvalue weighted by Gasteiger charge is 2.79. The van der Waals surface area contributed by atoms with E-state index in [1.165, 1.54) is 24.3 Å². The van der Waals surface area contributed by atoms with Crippen molar-refractivity contribution in [3.63, 3.8) is 0 Å². The standard InChI is InChI=1S/C27H26ClF3N4O4S/c1-16-4-2-3-5-20(16)40(39)24(38)26(40)12-19(22(36)34-25(13-32)10-11-25)35(15-26)23(37)21(33-14-27(29,30)31)17-6-8-18(28)9-7-17/h2-9,19,21,33,39H,10-12,14-15H2,1H3,(H,34,36). The van der Waals surface area contributed by atoms with E-state index in [1.54, 1.807) is 31.2 Å². The molecule has 2 amide bonds. The van der Waals surface area contributed by atoms with E-state index in [4.69, 9.17) is 11.6 Å². The number of likely N-dealkylation sites (tertiary alicyclic amines) is 1. The molecule has 2 aromatic rings. The lowest BCUT2D eigenvalue weighted by molar-refractivity contribution is -0.143. The van der Waals surface area contributed by atoms with E-state index in [2.05, 4.69) is 10.6 Å². The maximum atomic E-state index is 14.0. The molecule has 3 aliphatic rings. The molecule has 2 aliphatic heterocycles. The van der Waals surface area contributed by atoms with Crippen molar-refractivity contribution in [2.45, 2.75) is 59.6 Å². The van der Waals surface area contributed by atoms with Crippen LogP contribution in [0.3, 0.4) is 0 Å². The monoisotopic (exact) mass is 594 g/mol. The fraction of sp³-hybridized carbons (Fsp3) is 0.407. The third kappa shape index (κ3) is 4.75. The Morgan fingerprint density at radius 3 is 2.45 bits per heavy atom. The van der Waals surface area contributed by atoms with Crippen molar-refractivity contribution in [1.29, 1.82) is 5.26 Å². The first-order valence-corrected chi connectivity index (χ1v) is 14.5. The lowest BCUT2D eigenvalue weighted by Crippen LogP contribution is -2.52. The number of carbonyl (C=O) groups is 3. The van der Waals surface area contributed by atoms with Gasteiger partial charge in [0.25, 0.3) is 0 Å². The van der Waals surface area contributed by atoms with Gasteiger partial charge in [-0.2, -0.15) is 18.4 Å². The van der Waals surface area contributed by atoms with Crippen LogP contribution in [0.1, 0.15) is 36.4 Å². The molecule has 3 N–H and O–H groups in total. The minimum atomic E-state index is -4.64. The molecule has 0 aromatic heterocycles. The zero-order valence-electron chi connectivity index (χ0n) is 21.3. The Morgan fingerprint density at radius 2 is 1.88 bits per heavy atom. The summed E-state index contributed by atoms with van der Waals surface area (Å²) in [6.07, 6.45) is -4.02. The molecule has 2 aromatic carbocycles. The Labute approximate surface area is 235 Å². The van der Waals surface area contributed by atoms with Crippen LogP contribution >= 0.6 is 21.9 Å². The molecule has 212 valence electrons. The molecule has 0 bridgehead atoms. The summed E-state index contributed by atoms with van der Waals surface area (Å²) in [5.41, 5.74) is -0.236. The summed E-state index contributed by atoms with van der Waals surface area (Å²) in [5.74, 6) is -1.56. The van der Waals surface area contributed by atoms with E-state index in [9.17, 15) is 37.4 Å². The number of benzene rings is 2. The van der Waals surface area contributed by atoms with Crippen LogP contribution in [0.4, 0.5) is 13.2 Å². The molecule has 2 heterocycles. The second-order valence-corrected chi connectivity index (χ2v) is 13.7. The van der Waals surface area contributed by atoms with Gasteiger partial charge in [-0.1, -0.05) is 41.9 Å². The molecule has 1 spiro atoms. The van der Waals surface area contributed by atoms with Gasteiger partial charge in [0.1, 0.15) is 22.4 Å². The molecule has 13 heteroatoms. The molecule has 40 heavy (non-hydrogen) atoms. The van der Waals surface area contributed by atoms with Gasteiger partial charge in [0.2, 0.25) is 16.9 Å². The molecule has 4 atom stereocenters. The highest BCUT2D eigenvalue weighted by atomic mass is 35.5. The number of nitrogens with one attached hydrogen (secondary N) is 2. The smallest absolute Gasteiger partial charge is 0.339 e. The molecule has 5 rings (SSSR count). The number of amides is 2. The molecular weight excluding hydrogens is 569 g/mol. The van der Waals surface area contributed by atoms with Crippen molar-refractivity contribution in [2.24, 2.45) is 0 Å². The van der Waals surface area contributed by atoms with E-state index in [1.807, 2.05) is 6.07 Å². The van der Waals surface area contributed by atoms with Gasteiger partial charge in [-0.25, -0.2) is 0 Å². The predicted octanol–water partition coefficient (Wildman–Crippen LogP) is 4.23. The normalized spacial score (nSPS) is 28.9. The number of aryl methyl sites for hydroxylation is 1. The van der Waals surface area contributed by atoms with Gasteiger partial charge in [0, 0.05) is 22.9 Å². The topological polar surface area (TPSA) is 123 Å². The summed E-state index contributed by atoms with van der Waals surface area (Å²) in [6.45, 7) is -0.0972. The SMILES string of the molecule is Cc1ccccc1S1(O)C(=O)C12CC(C(=O)NC1(C#N)CC1)N(C(=O)C(NCC(F)(F)F)c1ccc(Cl)cc1)C2. The van der Waals surface area contributed by atoms with E-state index < -0.39 is 62.3 Å². The number of nitrogens with zero attached hydrogens (tertiary/aromatic N) is 2. The Bertz CT molecular complexity index is 1430. The zero-order valence-corrected chi connectivity index (χ0v) is 22.9. The molecule has 2 saturated heterocycles. The second-order valence-electron chi connectivity index (χ2n) is 10.5. The number of halogens is 4. The Hall–Kier alpha value is -3.11. The van der Waals surface area contributed by atoms with Crippen molar-refractivity contribution < 1.29 is 32.1 Å². The lowest BCUT2D eigenvalue weighted by atomic mass is 10.0. The van der Waals surface area contributed by atoms with Gasteiger partial charge in [-0.3, -0.25) is 19.7 Å². The number of rotatable bonds is 7. The number of hydrogen-bond acceptors (Lipinski definition) is 6. The minimum Gasteiger partial charge on any atom is -0.339 e. The highest BCUT2D eigenvalue weighted by Crippen LogP contribution is 2.82. The summed E-state index contributed by atoms with van der Waals surface area (Å²) in [4.78, 5) is 42.4. The Balaban J connectivity index is 1.52. The quantitative estimate of drug-likeness (QED) is 0.413. The average molecular weight is 595 g/mol. The minimum absolute atomic E-state index is 0.179. The maximum absolute atomic E-state index is 14.0. The van der Waals surface area contributed by atoms with Crippen molar-refractivity contribution in [3.05, 3.63) is 64.7 Å². The summed E-state index contributed by atoms with van der Waals surface area (Å²) < 4.78 is 49.9. The highest BCUT2D eigenvalue weighted by molar-refractivity contribution is 8.52. The summed E-state index contributed by atoms with van der Waals surface area (Å²) in [5, 5.41) is 14.2. The first-order valence-electron chi connectivity index (χ1n) is 12.5. The van der Waals surface area contributed by atoms with Crippen LogP contribution in [-0.4, -0.2) is 62.0 Å².